The first-order valence-electron chi connectivity index (χ1n) is 3.98. The Labute approximate surface area is 92.4 Å². The molecule has 0 aliphatic rings. The number of alkyl halides is 3. The number of benzene rings is 1. The molecular weight excluding hydrogens is 252 g/mol. The molecule has 0 saturated carbocycles. The first-order valence-corrected chi connectivity index (χ1v) is 4.36. The largest absolute Gasteiger partial charge is 0.481 e. The van der Waals surface area contributed by atoms with Gasteiger partial charge in [-0.15, -0.1) is 0 Å². The van der Waals surface area contributed by atoms with E-state index >= 15 is 0 Å². The molecule has 0 bridgehead atoms. The first-order chi connectivity index (χ1) is 7.21. The van der Waals surface area contributed by atoms with Gasteiger partial charge in [-0.1, -0.05) is 11.6 Å². The van der Waals surface area contributed by atoms with E-state index in [1.54, 1.807) is 0 Å². The predicted octanol–water partition coefficient (Wildman–Crippen LogP) is 3.13. The van der Waals surface area contributed by atoms with Gasteiger partial charge in [0.25, 0.3) is 0 Å². The van der Waals surface area contributed by atoms with Crippen LogP contribution in [0, 0.1) is 5.82 Å². The molecule has 0 heterocycles. The van der Waals surface area contributed by atoms with Crippen LogP contribution in [0.4, 0.5) is 17.6 Å². The molecule has 1 rings (SSSR count). The molecule has 7 heteroatoms. The SMILES string of the molecule is O=C(O)Cc1cc(Cl)cc(F)c1C(F)(F)F. The van der Waals surface area contributed by atoms with Crippen LogP contribution < -0.4 is 0 Å². The van der Waals surface area contributed by atoms with Crippen LogP contribution in [0.1, 0.15) is 11.1 Å². The topological polar surface area (TPSA) is 37.3 Å². The molecule has 0 aliphatic carbocycles. The van der Waals surface area contributed by atoms with Crippen molar-refractivity contribution in [3.63, 3.8) is 0 Å². The predicted molar refractivity (Wildman–Crippen MR) is 47.8 cm³/mol. The molecule has 0 fully saturated rings. The molecule has 1 aromatic rings. The van der Waals surface area contributed by atoms with Gasteiger partial charge >= 0.3 is 12.1 Å². The molecule has 0 unspecified atom stereocenters. The van der Waals surface area contributed by atoms with E-state index in [0.29, 0.717) is 6.07 Å². The third kappa shape index (κ3) is 2.85. The second-order valence-electron chi connectivity index (χ2n) is 2.99. The van der Waals surface area contributed by atoms with Gasteiger partial charge in [0, 0.05) is 5.02 Å². The number of hydrogen-bond acceptors (Lipinski definition) is 1. The van der Waals surface area contributed by atoms with Gasteiger partial charge in [-0.05, 0) is 17.7 Å². The molecule has 1 N–H and O–H groups in total. The molecule has 2 nitrogen and oxygen atoms in total. The number of aliphatic carboxylic acids is 1. The fourth-order valence-electron chi connectivity index (χ4n) is 1.25. The Kier molecular flexibility index (Phi) is 3.42. The van der Waals surface area contributed by atoms with Crippen LogP contribution in [0.3, 0.4) is 0 Å². The summed E-state index contributed by atoms with van der Waals surface area (Å²) in [5.74, 6) is -3.07. The van der Waals surface area contributed by atoms with Gasteiger partial charge in [0.1, 0.15) is 5.82 Å². The number of carbonyl (C=O) groups is 1. The van der Waals surface area contributed by atoms with E-state index in [4.69, 9.17) is 16.7 Å². The fourth-order valence-corrected chi connectivity index (χ4v) is 1.47. The molecule has 0 saturated heterocycles. The third-order valence-corrected chi connectivity index (χ3v) is 1.98. The van der Waals surface area contributed by atoms with Crippen molar-refractivity contribution in [2.45, 2.75) is 12.6 Å². The van der Waals surface area contributed by atoms with Crippen molar-refractivity contribution in [3.8, 4) is 0 Å². The zero-order valence-electron chi connectivity index (χ0n) is 7.61. The molecular formula is C9H5ClF4O2. The Morgan fingerprint density at radius 3 is 2.38 bits per heavy atom. The smallest absolute Gasteiger partial charge is 0.419 e. The van der Waals surface area contributed by atoms with E-state index in [1.165, 1.54) is 0 Å². The van der Waals surface area contributed by atoms with Crippen LogP contribution in [-0.4, -0.2) is 11.1 Å². The Balaban J connectivity index is 3.38. The van der Waals surface area contributed by atoms with Crippen molar-refractivity contribution in [2.24, 2.45) is 0 Å². The minimum atomic E-state index is -4.94. The minimum Gasteiger partial charge on any atom is -0.481 e. The van der Waals surface area contributed by atoms with Crippen LogP contribution in [0.2, 0.25) is 5.02 Å². The quantitative estimate of drug-likeness (QED) is 0.826. The van der Waals surface area contributed by atoms with Crippen molar-refractivity contribution in [1.29, 1.82) is 0 Å². The van der Waals surface area contributed by atoms with Gasteiger partial charge < -0.3 is 5.11 Å². The molecule has 0 aromatic heterocycles. The molecule has 0 aliphatic heterocycles. The van der Waals surface area contributed by atoms with Gasteiger partial charge in [-0.25, -0.2) is 4.39 Å². The molecule has 0 radical (unpaired) electrons. The summed E-state index contributed by atoms with van der Waals surface area (Å²) in [6.07, 6.45) is -5.88. The van der Waals surface area contributed by atoms with Crippen molar-refractivity contribution >= 4 is 17.6 Å². The van der Waals surface area contributed by atoms with Gasteiger partial charge in [-0.3, -0.25) is 4.79 Å². The maximum absolute atomic E-state index is 13.1. The highest BCUT2D eigenvalue weighted by molar-refractivity contribution is 6.30. The minimum absolute atomic E-state index is 0.276. The number of halogens is 5. The molecule has 88 valence electrons. The van der Waals surface area contributed by atoms with E-state index in [-0.39, 0.29) is 5.02 Å². The Morgan fingerprint density at radius 1 is 1.38 bits per heavy atom. The van der Waals surface area contributed by atoms with Crippen LogP contribution in [0.25, 0.3) is 0 Å². The summed E-state index contributed by atoms with van der Waals surface area (Å²) in [4.78, 5) is 10.3. The number of rotatable bonds is 2. The van der Waals surface area contributed by atoms with Crippen molar-refractivity contribution in [3.05, 3.63) is 34.1 Å². The summed E-state index contributed by atoms with van der Waals surface area (Å²) in [5, 5.41) is 8.13. The standard InChI is InChI=1S/C9H5ClF4O2/c10-5-1-4(2-7(15)16)8(6(11)3-5)9(12,13)14/h1,3H,2H2,(H,15,16). The summed E-state index contributed by atoms with van der Waals surface area (Å²) < 4.78 is 50.3. The lowest BCUT2D eigenvalue weighted by atomic mass is 10.0. The Morgan fingerprint density at radius 2 is 1.94 bits per heavy atom. The van der Waals surface area contributed by atoms with Gasteiger partial charge in [0.2, 0.25) is 0 Å². The van der Waals surface area contributed by atoms with Crippen molar-refractivity contribution in [1.82, 2.24) is 0 Å². The Bertz CT molecular complexity index is 428. The zero-order chi connectivity index (χ0) is 12.5. The Hall–Kier alpha value is -1.30. The highest BCUT2D eigenvalue weighted by Crippen LogP contribution is 2.35. The van der Waals surface area contributed by atoms with Crippen LogP contribution in [0.5, 0.6) is 0 Å². The maximum atomic E-state index is 13.1. The second-order valence-corrected chi connectivity index (χ2v) is 3.43. The summed E-state index contributed by atoms with van der Waals surface area (Å²) in [7, 11) is 0. The van der Waals surface area contributed by atoms with Gasteiger partial charge in [0.15, 0.2) is 0 Å². The average molecular weight is 257 g/mol. The second kappa shape index (κ2) is 4.29. The average Bonchev–Trinajstić information content (AvgIpc) is 1.96. The van der Waals surface area contributed by atoms with Crippen molar-refractivity contribution in [2.75, 3.05) is 0 Å². The summed E-state index contributed by atoms with van der Waals surface area (Å²) in [6.45, 7) is 0. The third-order valence-electron chi connectivity index (χ3n) is 1.76. The highest BCUT2D eigenvalue weighted by Gasteiger charge is 2.37. The summed E-state index contributed by atoms with van der Waals surface area (Å²) in [5.41, 5.74) is -2.27. The molecule has 16 heavy (non-hydrogen) atoms. The monoisotopic (exact) mass is 256 g/mol. The van der Waals surface area contributed by atoms with E-state index in [0.717, 1.165) is 6.07 Å². The lowest BCUT2D eigenvalue weighted by Crippen LogP contribution is -2.14. The van der Waals surface area contributed by atoms with Gasteiger partial charge in [0.05, 0.1) is 12.0 Å². The van der Waals surface area contributed by atoms with Crippen molar-refractivity contribution < 1.29 is 27.5 Å². The van der Waals surface area contributed by atoms with E-state index in [9.17, 15) is 22.4 Å². The normalized spacial score (nSPS) is 11.6. The van der Waals surface area contributed by atoms with E-state index < -0.39 is 35.5 Å². The lowest BCUT2D eigenvalue weighted by molar-refractivity contribution is -0.141. The van der Waals surface area contributed by atoms with E-state index in [1.807, 2.05) is 0 Å². The summed E-state index contributed by atoms with van der Waals surface area (Å²) in [6, 6.07) is 1.29. The maximum Gasteiger partial charge on any atom is 0.419 e. The van der Waals surface area contributed by atoms with Crippen LogP contribution >= 0.6 is 11.6 Å². The zero-order valence-corrected chi connectivity index (χ0v) is 8.36. The fraction of sp³-hybridized carbons (Fsp3) is 0.222. The number of hydrogen-bond donors (Lipinski definition) is 1. The van der Waals surface area contributed by atoms with Gasteiger partial charge in [-0.2, -0.15) is 13.2 Å². The molecule has 1 aromatic carbocycles. The molecule has 0 atom stereocenters. The first kappa shape index (κ1) is 12.8. The molecule has 0 amide bonds. The summed E-state index contributed by atoms with van der Waals surface area (Å²) >= 11 is 5.36. The van der Waals surface area contributed by atoms with Crippen LogP contribution in [-0.2, 0) is 17.4 Å². The number of carboxylic acids is 1. The molecule has 0 spiro atoms. The van der Waals surface area contributed by atoms with Crippen LogP contribution in [0.15, 0.2) is 12.1 Å². The lowest BCUT2D eigenvalue weighted by Gasteiger charge is -2.12. The highest BCUT2D eigenvalue weighted by atomic mass is 35.5. The number of carboxylic acid groups (broad SMARTS) is 1. The van der Waals surface area contributed by atoms with E-state index in [2.05, 4.69) is 0 Å².